The lowest BCUT2D eigenvalue weighted by Crippen LogP contribution is -2.11. The van der Waals surface area contributed by atoms with Crippen LogP contribution in [0.5, 0.6) is 0 Å². The van der Waals surface area contributed by atoms with Gasteiger partial charge in [-0.3, -0.25) is 0 Å². The van der Waals surface area contributed by atoms with Crippen LogP contribution in [-0.4, -0.2) is 34.2 Å². The van der Waals surface area contributed by atoms with E-state index in [-0.39, 0.29) is 6.10 Å². The van der Waals surface area contributed by atoms with Gasteiger partial charge in [-0.25, -0.2) is 0 Å². The molecule has 0 aliphatic carbocycles. The predicted molar refractivity (Wildman–Crippen MR) is 51.0 cm³/mol. The van der Waals surface area contributed by atoms with Gasteiger partial charge in [0.1, 0.15) is 0 Å². The first kappa shape index (κ1) is 10.0. The van der Waals surface area contributed by atoms with E-state index in [4.69, 9.17) is 5.11 Å². The number of aliphatic hydroxyl groups is 1. The number of thioether (sulfide) groups is 1. The van der Waals surface area contributed by atoms with Crippen molar-refractivity contribution in [1.82, 2.24) is 0 Å². The van der Waals surface area contributed by atoms with E-state index in [1.54, 1.807) is 11.8 Å². The minimum Gasteiger partial charge on any atom is -0.391 e. The van der Waals surface area contributed by atoms with Crippen molar-refractivity contribution in [3.63, 3.8) is 0 Å². The molecule has 0 aliphatic heterocycles. The van der Waals surface area contributed by atoms with Gasteiger partial charge in [0.05, 0.1) is 6.10 Å². The largest absolute Gasteiger partial charge is 0.391 e. The molecule has 0 heterocycles. The van der Waals surface area contributed by atoms with E-state index in [1.807, 2.05) is 0 Å². The quantitative estimate of drug-likeness (QED) is 0.437. The Morgan fingerprint density at radius 1 is 1.44 bits per heavy atom. The molecule has 0 aromatic heterocycles. The minimum atomic E-state index is -0.252. The van der Waals surface area contributed by atoms with Crippen LogP contribution >= 0.6 is 37.0 Å². The molecule has 1 nitrogen and oxygen atoms in total. The Morgan fingerprint density at radius 2 is 2.11 bits per heavy atom. The van der Waals surface area contributed by atoms with Gasteiger partial charge in [-0.15, -0.1) is 0 Å². The van der Waals surface area contributed by atoms with E-state index >= 15 is 0 Å². The van der Waals surface area contributed by atoms with E-state index in [2.05, 4.69) is 25.3 Å². The molecule has 0 fully saturated rings. The summed E-state index contributed by atoms with van der Waals surface area (Å²) in [4.78, 5) is 0. The molecule has 0 spiro atoms. The maximum Gasteiger partial charge on any atom is 0.0718 e. The van der Waals surface area contributed by atoms with Crippen LogP contribution in [0.15, 0.2) is 0 Å². The summed E-state index contributed by atoms with van der Waals surface area (Å²) in [7, 11) is 0. The van der Waals surface area contributed by atoms with Crippen LogP contribution in [0.2, 0.25) is 0 Å². The molecule has 0 rings (SSSR count). The fourth-order valence-electron chi connectivity index (χ4n) is 0.337. The first-order valence-electron chi connectivity index (χ1n) is 2.78. The van der Waals surface area contributed by atoms with Gasteiger partial charge in [-0.1, -0.05) is 0 Å². The molecule has 0 bridgehead atoms. The standard InChI is InChI=1S/C5H12OS3/c6-5(3-8)4-9-2-1-7/h5-8H,1-4H2. The highest BCUT2D eigenvalue weighted by molar-refractivity contribution is 8.00. The van der Waals surface area contributed by atoms with Crippen molar-refractivity contribution < 1.29 is 5.11 Å². The van der Waals surface area contributed by atoms with Gasteiger partial charge in [0.25, 0.3) is 0 Å². The molecule has 0 saturated heterocycles. The SMILES string of the molecule is OC(CS)CSCCS. The summed E-state index contributed by atoms with van der Waals surface area (Å²) in [6.07, 6.45) is -0.252. The first-order valence-corrected chi connectivity index (χ1v) is 5.20. The Morgan fingerprint density at radius 3 is 2.56 bits per heavy atom. The molecule has 0 radical (unpaired) electrons. The second-order valence-corrected chi connectivity index (χ2v) is 3.60. The lowest BCUT2D eigenvalue weighted by Gasteiger charge is -2.04. The molecule has 0 aliphatic rings. The smallest absolute Gasteiger partial charge is 0.0718 e. The molecule has 0 amide bonds. The van der Waals surface area contributed by atoms with Crippen LogP contribution in [0.4, 0.5) is 0 Å². The zero-order valence-corrected chi connectivity index (χ0v) is 7.76. The highest BCUT2D eigenvalue weighted by Gasteiger charge is 1.98. The van der Waals surface area contributed by atoms with E-state index in [0.29, 0.717) is 5.75 Å². The molecule has 9 heavy (non-hydrogen) atoms. The van der Waals surface area contributed by atoms with Gasteiger partial charge in [0, 0.05) is 17.3 Å². The monoisotopic (exact) mass is 184 g/mol. The van der Waals surface area contributed by atoms with E-state index < -0.39 is 0 Å². The average Bonchev–Trinajstić information content (AvgIpc) is 1.89. The van der Waals surface area contributed by atoms with Crippen LogP contribution in [-0.2, 0) is 0 Å². The number of thiol groups is 2. The van der Waals surface area contributed by atoms with Gasteiger partial charge in [0.15, 0.2) is 0 Å². The first-order chi connectivity index (χ1) is 4.31. The fraction of sp³-hybridized carbons (Fsp3) is 1.00. The zero-order chi connectivity index (χ0) is 7.11. The fourth-order valence-corrected chi connectivity index (χ4v) is 1.71. The second-order valence-electron chi connectivity index (χ2n) is 1.63. The van der Waals surface area contributed by atoms with Crippen molar-refractivity contribution in [2.24, 2.45) is 0 Å². The van der Waals surface area contributed by atoms with Crippen LogP contribution in [0.1, 0.15) is 0 Å². The Labute approximate surface area is 71.4 Å². The molecule has 0 aromatic rings. The van der Waals surface area contributed by atoms with Gasteiger partial charge >= 0.3 is 0 Å². The topological polar surface area (TPSA) is 20.2 Å². The average molecular weight is 184 g/mol. The minimum absolute atomic E-state index is 0.252. The van der Waals surface area contributed by atoms with Crippen LogP contribution in [0.25, 0.3) is 0 Å². The normalized spacial score (nSPS) is 13.7. The Kier molecular flexibility index (Phi) is 7.92. The van der Waals surface area contributed by atoms with Gasteiger partial charge < -0.3 is 5.11 Å². The molecular formula is C5H12OS3. The number of rotatable bonds is 5. The number of aliphatic hydroxyl groups excluding tert-OH is 1. The number of hydrogen-bond acceptors (Lipinski definition) is 4. The summed E-state index contributed by atoms with van der Waals surface area (Å²) in [6, 6.07) is 0. The molecule has 0 aromatic carbocycles. The summed E-state index contributed by atoms with van der Waals surface area (Å²) >= 11 is 9.68. The predicted octanol–water partition coefficient (Wildman–Crippen LogP) is 0.940. The van der Waals surface area contributed by atoms with Gasteiger partial charge in [-0.05, 0) is 5.75 Å². The summed E-state index contributed by atoms with van der Waals surface area (Å²) in [5, 5.41) is 8.96. The maximum absolute atomic E-state index is 8.96. The van der Waals surface area contributed by atoms with Gasteiger partial charge in [-0.2, -0.15) is 37.0 Å². The Hall–Kier alpha value is 1.01. The van der Waals surface area contributed by atoms with Crippen molar-refractivity contribution in [3.05, 3.63) is 0 Å². The second kappa shape index (κ2) is 7.12. The third kappa shape index (κ3) is 6.90. The zero-order valence-electron chi connectivity index (χ0n) is 5.16. The van der Waals surface area contributed by atoms with Crippen molar-refractivity contribution in [1.29, 1.82) is 0 Å². The summed E-state index contributed by atoms with van der Waals surface area (Å²) in [6.45, 7) is 0. The molecule has 1 unspecified atom stereocenters. The number of hydrogen-bond donors (Lipinski definition) is 3. The highest BCUT2D eigenvalue weighted by atomic mass is 32.2. The maximum atomic E-state index is 8.96. The summed E-state index contributed by atoms with van der Waals surface area (Å²) < 4.78 is 0. The summed E-state index contributed by atoms with van der Waals surface area (Å²) in [5.74, 6) is 3.22. The van der Waals surface area contributed by atoms with Crippen molar-refractivity contribution in [2.75, 3.05) is 23.0 Å². The van der Waals surface area contributed by atoms with Crippen molar-refractivity contribution >= 4 is 37.0 Å². The molecule has 56 valence electrons. The third-order valence-corrected chi connectivity index (χ3v) is 2.82. The lowest BCUT2D eigenvalue weighted by molar-refractivity contribution is 0.225. The molecule has 0 saturated carbocycles. The van der Waals surface area contributed by atoms with E-state index in [0.717, 1.165) is 17.3 Å². The third-order valence-electron chi connectivity index (χ3n) is 0.757. The molecule has 4 heteroatoms. The van der Waals surface area contributed by atoms with Crippen LogP contribution in [0.3, 0.4) is 0 Å². The van der Waals surface area contributed by atoms with Crippen molar-refractivity contribution in [3.8, 4) is 0 Å². The molecule has 1 N–H and O–H groups in total. The van der Waals surface area contributed by atoms with Crippen molar-refractivity contribution in [2.45, 2.75) is 6.10 Å². The molecule has 1 atom stereocenters. The van der Waals surface area contributed by atoms with E-state index in [1.165, 1.54) is 0 Å². The Bertz CT molecular complexity index is 60.2. The Balaban J connectivity index is 2.88. The highest BCUT2D eigenvalue weighted by Crippen LogP contribution is 2.03. The van der Waals surface area contributed by atoms with E-state index in [9.17, 15) is 0 Å². The van der Waals surface area contributed by atoms with Crippen LogP contribution in [0, 0.1) is 0 Å². The molecular weight excluding hydrogens is 172 g/mol. The van der Waals surface area contributed by atoms with Crippen LogP contribution < -0.4 is 0 Å². The lowest BCUT2D eigenvalue weighted by atomic mass is 10.5. The summed E-state index contributed by atoms with van der Waals surface area (Å²) in [5.41, 5.74) is 0. The van der Waals surface area contributed by atoms with Gasteiger partial charge in [0.2, 0.25) is 0 Å².